The minimum absolute atomic E-state index is 0.0291. The van der Waals surface area contributed by atoms with Gasteiger partial charge >= 0.3 is 0 Å². The lowest BCUT2D eigenvalue weighted by Crippen LogP contribution is -2.20. The van der Waals surface area contributed by atoms with E-state index in [1.54, 1.807) is 31.4 Å². The molecule has 1 aromatic carbocycles. The molecule has 0 radical (unpaired) electrons. The molecule has 22 heavy (non-hydrogen) atoms. The molecule has 1 aromatic heterocycles. The molecule has 0 aliphatic heterocycles. The van der Waals surface area contributed by atoms with Crippen LogP contribution in [-0.4, -0.2) is 33.5 Å². The number of carbonyl (C=O) groups excluding carboxylic acids is 1. The van der Waals surface area contributed by atoms with Crippen molar-refractivity contribution >= 4 is 29.3 Å². The van der Waals surface area contributed by atoms with E-state index in [0.29, 0.717) is 16.6 Å². The van der Waals surface area contributed by atoms with Crippen molar-refractivity contribution < 1.29 is 9.53 Å². The average molecular weight is 318 g/mol. The van der Waals surface area contributed by atoms with Crippen LogP contribution < -0.4 is 15.8 Å². The van der Waals surface area contributed by atoms with Gasteiger partial charge in [-0.2, -0.15) is 5.26 Å². The summed E-state index contributed by atoms with van der Waals surface area (Å²) in [4.78, 5) is 12.1. The Labute approximate surface area is 131 Å². The van der Waals surface area contributed by atoms with Crippen LogP contribution in [0.2, 0.25) is 0 Å². The quantitative estimate of drug-likeness (QED) is 0.766. The maximum absolute atomic E-state index is 12.1. The average Bonchev–Trinajstić information content (AvgIpc) is 2.86. The minimum atomic E-state index is -0.268. The SMILES string of the molecule is COc1ccc(NC(=O)Cn2c(N)nnc2SCC#N)cc1. The van der Waals surface area contributed by atoms with Gasteiger partial charge in [0.05, 0.1) is 18.9 Å². The predicted octanol–water partition coefficient (Wildman–Crippen LogP) is 1.12. The van der Waals surface area contributed by atoms with E-state index in [0.717, 1.165) is 0 Å². The zero-order valence-electron chi connectivity index (χ0n) is 11.8. The van der Waals surface area contributed by atoms with Gasteiger partial charge in [0.2, 0.25) is 11.9 Å². The monoisotopic (exact) mass is 318 g/mol. The fraction of sp³-hybridized carbons (Fsp3) is 0.231. The second-order valence-corrected chi connectivity index (χ2v) is 5.09. The maximum Gasteiger partial charge on any atom is 0.244 e. The number of carbonyl (C=O) groups is 1. The third-order valence-electron chi connectivity index (χ3n) is 2.69. The fourth-order valence-corrected chi connectivity index (χ4v) is 2.28. The molecule has 0 bridgehead atoms. The first-order valence-corrected chi connectivity index (χ1v) is 7.25. The van der Waals surface area contributed by atoms with Crippen LogP contribution in [0.1, 0.15) is 0 Å². The van der Waals surface area contributed by atoms with Crippen LogP contribution in [0, 0.1) is 11.3 Å². The van der Waals surface area contributed by atoms with E-state index in [2.05, 4.69) is 15.5 Å². The molecule has 0 aliphatic carbocycles. The van der Waals surface area contributed by atoms with Crippen molar-refractivity contribution in [3.8, 4) is 11.8 Å². The summed E-state index contributed by atoms with van der Waals surface area (Å²) < 4.78 is 6.51. The smallest absolute Gasteiger partial charge is 0.244 e. The summed E-state index contributed by atoms with van der Waals surface area (Å²) in [6, 6.07) is 8.95. The van der Waals surface area contributed by atoms with E-state index in [4.69, 9.17) is 15.7 Å². The van der Waals surface area contributed by atoms with E-state index in [9.17, 15) is 4.79 Å². The highest BCUT2D eigenvalue weighted by Crippen LogP contribution is 2.18. The molecule has 2 aromatic rings. The van der Waals surface area contributed by atoms with Gasteiger partial charge in [-0.25, -0.2) is 0 Å². The Kier molecular flexibility index (Phi) is 5.21. The minimum Gasteiger partial charge on any atom is -0.497 e. The summed E-state index contributed by atoms with van der Waals surface area (Å²) in [5, 5.41) is 19.3. The van der Waals surface area contributed by atoms with Crippen molar-refractivity contribution in [2.75, 3.05) is 23.9 Å². The lowest BCUT2D eigenvalue weighted by atomic mass is 10.3. The third-order valence-corrected chi connectivity index (χ3v) is 3.52. The Morgan fingerprint density at radius 2 is 2.18 bits per heavy atom. The van der Waals surface area contributed by atoms with Gasteiger partial charge in [-0.3, -0.25) is 9.36 Å². The molecule has 3 N–H and O–H groups in total. The first-order chi connectivity index (χ1) is 10.6. The van der Waals surface area contributed by atoms with Gasteiger partial charge in [0.1, 0.15) is 12.3 Å². The molecule has 1 heterocycles. The number of methoxy groups -OCH3 is 1. The standard InChI is InChI=1S/C13H14N6O2S/c1-21-10-4-2-9(3-5-10)16-11(20)8-19-12(15)17-18-13(19)22-7-6-14/h2-5H,7-8H2,1H3,(H2,15,17)(H,16,20). The number of benzene rings is 1. The zero-order chi connectivity index (χ0) is 15.9. The molecule has 1 amide bonds. The molecule has 0 saturated heterocycles. The number of nitrogens with zero attached hydrogens (tertiary/aromatic N) is 4. The predicted molar refractivity (Wildman–Crippen MR) is 82.4 cm³/mol. The zero-order valence-corrected chi connectivity index (χ0v) is 12.6. The molecule has 0 fully saturated rings. The highest BCUT2D eigenvalue weighted by molar-refractivity contribution is 7.99. The Morgan fingerprint density at radius 1 is 1.45 bits per heavy atom. The van der Waals surface area contributed by atoms with E-state index in [1.807, 2.05) is 6.07 Å². The molecule has 2 rings (SSSR count). The first-order valence-electron chi connectivity index (χ1n) is 6.26. The van der Waals surface area contributed by atoms with Crippen molar-refractivity contribution in [3.05, 3.63) is 24.3 Å². The molecule has 0 atom stereocenters. The molecule has 114 valence electrons. The highest BCUT2D eigenvalue weighted by atomic mass is 32.2. The second-order valence-electron chi connectivity index (χ2n) is 4.15. The van der Waals surface area contributed by atoms with Gasteiger partial charge in [-0.05, 0) is 24.3 Å². The summed E-state index contributed by atoms with van der Waals surface area (Å²) in [5.41, 5.74) is 6.33. The number of nitrogens with one attached hydrogen (secondary N) is 1. The number of anilines is 2. The van der Waals surface area contributed by atoms with E-state index >= 15 is 0 Å². The van der Waals surface area contributed by atoms with Crippen LogP contribution in [0.25, 0.3) is 0 Å². The number of hydrogen-bond donors (Lipinski definition) is 2. The summed E-state index contributed by atoms with van der Waals surface area (Å²) in [5.74, 6) is 0.773. The Balaban J connectivity index is 2.02. The molecule has 8 nitrogen and oxygen atoms in total. The molecular formula is C13H14N6O2S. The van der Waals surface area contributed by atoms with Crippen LogP contribution in [0.4, 0.5) is 11.6 Å². The number of amides is 1. The van der Waals surface area contributed by atoms with Crippen LogP contribution in [0.15, 0.2) is 29.4 Å². The third kappa shape index (κ3) is 3.89. The van der Waals surface area contributed by atoms with Crippen LogP contribution >= 0.6 is 11.8 Å². The Morgan fingerprint density at radius 3 is 2.82 bits per heavy atom. The topological polar surface area (TPSA) is 119 Å². The number of rotatable bonds is 6. The molecule has 9 heteroatoms. The second kappa shape index (κ2) is 7.33. The number of ether oxygens (including phenoxy) is 1. The molecular weight excluding hydrogens is 304 g/mol. The van der Waals surface area contributed by atoms with Gasteiger partial charge in [-0.15, -0.1) is 10.2 Å². The molecule has 0 aliphatic rings. The first kappa shape index (κ1) is 15.7. The van der Waals surface area contributed by atoms with E-state index in [1.165, 1.54) is 16.3 Å². The normalized spacial score (nSPS) is 10.0. The van der Waals surface area contributed by atoms with E-state index in [-0.39, 0.29) is 24.2 Å². The van der Waals surface area contributed by atoms with Crippen LogP contribution in [-0.2, 0) is 11.3 Å². The number of nitriles is 1. The highest BCUT2D eigenvalue weighted by Gasteiger charge is 2.13. The van der Waals surface area contributed by atoms with Crippen molar-refractivity contribution in [3.63, 3.8) is 0 Å². The Hall–Kier alpha value is -2.73. The molecule has 0 saturated carbocycles. The number of nitrogens with two attached hydrogens (primary N) is 1. The number of thioether (sulfide) groups is 1. The number of nitrogen functional groups attached to an aromatic ring is 1. The number of hydrogen-bond acceptors (Lipinski definition) is 7. The lowest BCUT2D eigenvalue weighted by Gasteiger charge is -2.09. The molecule has 0 unspecified atom stereocenters. The maximum atomic E-state index is 12.1. The van der Waals surface area contributed by atoms with Crippen LogP contribution in [0.3, 0.4) is 0 Å². The summed E-state index contributed by atoms with van der Waals surface area (Å²) in [7, 11) is 1.57. The van der Waals surface area contributed by atoms with Crippen molar-refractivity contribution in [1.29, 1.82) is 5.26 Å². The summed E-state index contributed by atoms with van der Waals surface area (Å²) in [6.45, 7) is -0.0291. The summed E-state index contributed by atoms with van der Waals surface area (Å²) >= 11 is 1.17. The fourth-order valence-electron chi connectivity index (χ4n) is 1.67. The van der Waals surface area contributed by atoms with Gasteiger partial charge in [-0.1, -0.05) is 11.8 Å². The van der Waals surface area contributed by atoms with Crippen molar-refractivity contribution in [1.82, 2.24) is 14.8 Å². The van der Waals surface area contributed by atoms with Gasteiger partial charge in [0, 0.05) is 5.69 Å². The van der Waals surface area contributed by atoms with Crippen molar-refractivity contribution in [2.24, 2.45) is 0 Å². The summed E-state index contributed by atoms with van der Waals surface area (Å²) in [6.07, 6.45) is 0. The van der Waals surface area contributed by atoms with Crippen LogP contribution in [0.5, 0.6) is 5.75 Å². The Bertz CT molecular complexity index is 692. The number of aromatic nitrogens is 3. The van der Waals surface area contributed by atoms with Crippen molar-refractivity contribution in [2.45, 2.75) is 11.7 Å². The van der Waals surface area contributed by atoms with E-state index < -0.39 is 0 Å². The molecule has 0 spiro atoms. The van der Waals surface area contributed by atoms with Gasteiger partial charge in [0.15, 0.2) is 5.16 Å². The van der Waals surface area contributed by atoms with Gasteiger partial charge in [0.25, 0.3) is 0 Å². The lowest BCUT2D eigenvalue weighted by molar-refractivity contribution is -0.116. The van der Waals surface area contributed by atoms with Gasteiger partial charge < -0.3 is 15.8 Å². The largest absolute Gasteiger partial charge is 0.497 e.